The second kappa shape index (κ2) is 5.18. The van der Waals surface area contributed by atoms with Crippen molar-refractivity contribution in [2.24, 2.45) is 0 Å². The van der Waals surface area contributed by atoms with Crippen LogP contribution >= 0.6 is 22.9 Å². The van der Waals surface area contributed by atoms with Crippen LogP contribution in [0.25, 0.3) is 0 Å². The molecule has 0 aromatic carbocycles. The second-order valence-corrected chi connectivity index (χ2v) is 5.28. The Kier molecular flexibility index (Phi) is 3.98. The van der Waals surface area contributed by atoms with E-state index >= 15 is 0 Å². The standard InChI is InChI=1S/C9H11ClF3N3OS/c1-5-3-16(4-6(2-10)17-5)8-15-14-7(18-8)9(11,12)13/h5-6H,2-4H2,1H3. The maximum absolute atomic E-state index is 12.4. The number of halogens is 4. The molecule has 0 amide bonds. The summed E-state index contributed by atoms with van der Waals surface area (Å²) in [6.07, 6.45) is -4.74. The molecular weight excluding hydrogens is 291 g/mol. The van der Waals surface area contributed by atoms with Crippen LogP contribution in [0.4, 0.5) is 18.3 Å². The lowest BCUT2D eigenvalue weighted by Gasteiger charge is -2.35. The van der Waals surface area contributed by atoms with E-state index in [-0.39, 0.29) is 17.3 Å². The van der Waals surface area contributed by atoms with Gasteiger partial charge in [-0.3, -0.25) is 0 Å². The monoisotopic (exact) mass is 301 g/mol. The zero-order chi connectivity index (χ0) is 13.3. The van der Waals surface area contributed by atoms with Crippen molar-refractivity contribution in [3.05, 3.63) is 5.01 Å². The summed E-state index contributed by atoms with van der Waals surface area (Å²) in [6.45, 7) is 2.76. The molecule has 2 atom stereocenters. The molecular formula is C9H11ClF3N3OS. The van der Waals surface area contributed by atoms with Gasteiger partial charge in [0, 0.05) is 13.1 Å². The summed E-state index contributed by atoms with van der Waals surface area (Å²) in [4.78, 5) is 1.73. The highest BCUT2D eigenvalue weighted by atomic mass is 35.5. The van der Waals surface area contributed by atoms with E-state index in [4.69, 9.17) is 16.3 Å². The summed E-state index contributed by atoms with van der Waals surface area (Å²) in [5, 5.41) is 6.08. The third-order valence-corrected chi connectivity index (χ3v) is 3.80. The van der Waals surface area contributed by atoms with E-state index in [1.165, 1.54) is 0 Å². The van der Waals surface area contributed by atoms with E-state index in [2.05, 4.69) is 10.2 Å². The highest BCUT2D eigenvalue weighted by Crippen LogP contribution is 2.35. The van der Waals surface area contributed by atoms with Gasteiger partial charge < -0.3 is 9.64 Å². The number of hydrogen-bond donors (Lipinski definition) is 0. The molecule has 0 aliphatic carbocycles. The summed E-state index contributed by atoms with van der Waals surface area (Å²) in [7, 11) is 0. The Morgan fingerprint density at radius 3 is 2.72 bits per heavy atom. The summed E-state index contributed by atoms with van der Waals surface area (Å²) >= 11 is 6.25. The molecule has 2 heterocycles. The van der Waals surface area contributed by atoms with Gasteiger partial charge in [0.1, 0.15) is 0 Å². The Labute approximate surface area is 111 Å². The van der Waals surface area contributed by atoms with Gasteiger partial charge >= 0.3 is 6.18 Å². The number of aromatic nitrogens is 2. The van der Waals surface area contributed by atoms with Gasteiger partial charge in [-0.25, -0.2) is 0 Å². The molecule has 0 saturated carbocycles. The lowest BCUT2D eigenvalue weighted by molar-refractivity contribution is -0.138. The molecule has 1 aromatic heterocycles. The molecule has 0 spiro atoms. The summed E-state index contributed by atoms with van der Waals surface area (Å²) in [5.74, 6) is 0.297. The van der Waals surface area contributed by atoms with Gasteiger partial charge in [0.05, 0.1) is 18.1 Å². The smallest absolute Gasteiger partial charge is 0.370 e. The van der Waals surface area contributed by atoms with Gasteiger partial charge in [0.25, 0.3) is 0 Å². The molecule has 1 aliphatic heterocycles. The topological polar surface area (TPSA) is 38.2 Å². The highest BCUT2D eigenvalue weighted by molar-refractivity contribution is 7.15. The van der Waals surface area contributed by atoms with Crippen LogP contribution in [-0.4, -0.2) is 41.4 Å². The van der Waals surface area contributed by atoms with Gasteiger partial charge in [0.15, 0.2) is 0 Å². The molecule has 1 saturated heterocycles. The number of ether oxygens (including phenoxy) is 1. The van der Waals surface area contributed by atoms with Gasteiger partial charge in [-0.2, -0.15) is 13.2 Å². The third-order valence-electron chi connectivity index (χ3n) is 2.43. The van der Waals surface area contributed by atoms with Crippen LogP contribution in [0.3, 0.4) is 0 Å². The Morgan fingerprint density at radius 1 is 1.44 bits per heavy atom. The number of anilines is 1. The Morgan fingerprint density at radius 2 is 2.17 bits per heavy atom. The van der Waals surface area contributed by atoms with Crippen LogP contribution < -0.4 is 4.90 Å². The quantitative estimate of drug-likeness (QED) is 0.786. The fraction of sp³-hybridized carbons (Fsp3) is 0.778. The molecule has 0 bridgehead atoms. The number of alkyl halides is 4. The van der Waals surface area contributed by atoms with Crippen LogP contribution in [0.15, 0.2) is 0 Å². The van der Waals surface area contributed by atoms with Gasteiger partial charge in [-0.15, -0.1) is 21.8 Å². The lowest BCUT2D eigenvalue weighted by atomic mass is 10.2. The molecule has 2 unspecified atom stereocenters. The minimum atomic E-state index is -4.44. The second-order valence-electron chi connectivity index (χ2n) is 4.02. The van der Waals surface area contributed by atoms with Crippen molar-refractivity contribution in [2.75, 3.05) is 23.9 Å². The highest BCUT2D eigenvalue weighted by Gasteiger charge is 2.37. The largest absolute Gasteiger partial charge is 0.445 e. The number of nitrogens with zero attached hydrogens (tertiary/aromatic N) is 3. The first-order chi connectivity index (χ1) is 8.40. The minimum Gasteiger partial charge on any atom is -0.370 e. The first-order valence-electron chi connectivity index (χ1n) is 5.27. The first kappa shape index (κ1) is 13.8. The maximum atomic E-state index is 12.4. The lowest BCUT2D eigenvalue weighted by Crippen LogP contribution is -2.47. The van der Waals surface area contributed by atoms with E-state index in [0.29, 0.717) is 30.3 Å². The predicted octanol–water partition coefficient (Wildman–Crippen LogP) is 2.39. The first-order valence-corrected chi connectivity index (χ1v) is 6.62. The van der Waals surface area contributed by atoms with Gasteiger partial charge in [0.2, 0.25) is 10.1 Å². The van der Waals surface area contributed by atoms with Crippen molar-refractivity contribution in [3.8, 4) is 0 Å². The fourth-order valence-corrected chi connectivity index (χ4v) is 2.64. The Balaban J connectivity index is 2.13. The van der Waals surface area contributed by atoms with Crippen molar-refractivity contribution < 1.29 is 17.9 Å². The van der Waals surface area contributed by atoms with Crippen molar-refractivity contribution in [1.82, 2.24) is 10.2 Å². The van der Waals surface area contributed by atoms with Gasteiger partial charge in [-0.05, 0) is 6.92 Å². The van der Waals surface area contributed by atoms with E-state index in [9.17, 15) is 13.2 Å². The molecule has 4 nitrogen and oxygen atoms in total. The van der Waals surface area contributed by atoms with Crippen LogP contribution in [0.2, 0.25) is 0 Å². The normalized spacial score (nSPS) is 25.5. The number of hydrogen-bond acceptors (Lipinski definition) is 5. The molecule has 0 radical (unpaired) electrons. The van der Waals surface area contributed by atoms with E-state index < -0.39 is 11.2 Å². The molecule has 0 N–H and O–H groups in total. The van der Waals surface area contributed by atoms with Crippen molar-refractivity contribution in [3.63, 3.8) is 0 Å². The van der Waals surface area contributed by atoms with Crippen LogP contribution in [0.1, 0.15) is 11.9 Å². The predicted molar refractivity (Wildman–Crippen MR) is 62.2 cm³/mol. The third kappa shape index (κ3) is 3.04. The van der Waals surface area contributed by atoms with Crippen molar-refractivity contribution >= 4 is 28.1 Å². The molecule has 1 aliphatic rings. The summed E-state index contributed by atoms with van der Waals surface area (Å²) < 4.78 is 42.8. The van der Waals surface area contributed by atoms with Crippen LogP contribution in [-0.2, 0) is 10.9 Å². The van der Waals surface area contributed by atoms with E-state index in [0.717, 1.165) is 0 Å². The molecule has 1 fully saturated rings. The van der Waals surface area contributed by atoms with E-state index in [1.54, 1.807) is 4.90 Å². The molecule has 2 rings (SSSR count). The number of morpholine rings is 1. The van der Waals surface area contributed by atoms with Crippen molar-refractivity contribution in [1.29, 1.82) is 0 Å². The molecule has 102 valence electrons. The molecule has 18 heavy (non-hydrogen) atoms. The van der Waals surface area contributed by atoms with Crippen molar-refractivity contribution in [2.45, 2.75) is 25.3 Å². The summed E-state index contributed by atoms with van der Waals surface area (Å²) in [6, 6.07) is 0. The minimum absolute atomic E-state index is 0.0965. The zero-order valence-corrected chi connectivity index (χ0v) is 11.0. The van der Waals surface area contributed by atoms with Crippen LogP contribution in [0.5, 0.6) is 0 Å². The average molecular weight is 302 g/mol. The average Bonchev–Trinajstić information content (AvgIpc) is 2.77. The molecule has 9 heteroatoms. The number of rotatable bonds is 2. The van der Waals surface area contributed by atoms with E-state index in [1.807, 2.05) is 6.92 Å². The van der Waals surface area contributed by atoms with Gasteiger partial charge in [-0.1, -0.05) is 11.3 Å². The Bertz CT molecular complexity index is 414. The Hall–Kier alpha value is -0.600. The molecule has 1 aromatic rings. The van der Waals surface area contributed by atoms with Crippen LogP contribution in [0, 0.1) is 0 Å². The fourth-order valence-electron chi connectivity index (χ4n) is 1.74. The maximum Gasteiger partial charge on any atom is 0.445 e. The SMILES string of the molecule is CC1CN(c2nnc(C(F)(F)F)s2)CC(CCl)O1. The zero-order valence-electron chi connectivity index (χ0n) is 9.45. The summed E-state index contributed by atoms with van der Waals surface area (Å²) in [5.41, 5.74) is 0.